The van der Waals surface area contributed by atoms with Gasteiger partial charge in [0.1, 0.15) is 12.2 Å². The van der Waals surface area contributed by atoms with Gasteiger partial charge in [0, 0.05) is 0 Å². The number of cyclic esters (lactones) is 2. The third kappa shape index (κ3) is 4.90. The van der Waals surface area contributed by atoms with Gasteiger partial charge in [-0.25, -0.2) is 0 Å². The molecule has 6 aliphatic carbocycles. The van der Waals surface area contributed by atoms with E-state index in [2.05, 4.69) is 6.92 Å². The first kappa shape index (κ1) is 28.2. The summed E-state index contributed by atoms with van der Waals surface area (Å²) < 4.78 is 22.6. The zero-order valence-electron chi connectivity index (χ0n) is 24.7. The van der Waals surface area contributed by atoms with E-state index in [-0.39, 0.29) is 60.2 Å². The van der Waals surface area contributed by atoms with E-state index in [0.29, 0.717) is 24.2 Å². The lowest BCUT2D eigenvalue weighted by atomic mass is 9.49. The molecule has 40 heavy (non-hydrogen) atoms. The van der Waals surface area contributed by atoms with Crippen LogP contribution in [-0.4, -0.2) is 48.8 Å². The van der Waals surface area contributed by atoms with Gasteiger partial charge in [-0.05, 0) is 120 Å². The number of rotatable bonds is 8. The summed E-state index contributed by atoms with van der Waals surface area (Å²) in [5.74, 6) is -0.322. The van der Waals surface area contributed by atoms with Crippen LogP contribution in [0, 0.1) is 64.6 Å². The Balaban J connectivity index is 1.04. The molecular formula is C32H46O8. The molecule has 7 fully saturated rings. The van der Waals surface area contributed by atoms with Crippen molar-refractivity contribution < 1.29 is 38.1 Å². The van der Waals surface area contributed by atoms with E-state index >= 15 is 0 Å². The zero-order chi connectivity index (χ0) is 28.6. The molecule has 6 saturated carbocycles. The minimum absolute atomic E-state index is 0.0346. The minimum Gasteiger partial charge on any atom is -0.463 e. The molecule has 222 valence electrons. The Morgan fingerprint density at radius 3 is 2.15 bits per heavy atom. The molecule has 8 nitrogen and oxygen atoms in total. The summed E-state index contributed by atoms with van der Waals surface area (Å²) in [7, 11) is 0. The van der Waals surface area contributed by atoms with Crippen molar-refractivity contribution in [1.29, 1.82) is 0 Å². The fourth-order valence-electron chi connectivity index (χ4n) is 10.4. The molecule has 7 rings (SSSR count). The van der Waals surface area contributed by atoms with Crippen LogP contribution < -0.4 is 0 Å². The predicted octanol–water partition coefficient (Wildman–Crippen LogP) is 4.72. The highest BCUT2D eigenvalue weighted by atomic mass is 16.6. The van der Waals surface area contributed by atoms with Crippen LogP contribution in [0.1, 0.15) is 86.0 Å². The quantitative estimate of drug-likeness (QED) is 0.182. The van der Waals surface area contributed by atoms with Crippen molar-refractivity contribution in [2.45, 2.75) is 97.7 Å². The van der Waals surface area contributed by atoms with Crippen molar-refractivity contribution in [2.24, 2.45) is 64.6 Å². The standard InChI is InChI=1S/C32H46O8/c1-16-22-11-21(12-23(22)27(33)40-31(3,4)5)24(16)26-25(28(34)39-29(26)35)17(2)37-6-7-38-30(36)32-13-18-8-19(14-32)10-20(9-18)15-32/h16-26H,6-15H2,1-5H3. The lowest BCUT2D eigenvalue weighted by molar-refractivity contribution is -0.174. The molecule has 7 aliphatic rings. The van der Waals surface area contributed by atoms with Crippen LogP contribution in [-0.2, 0) is 38.1 Å². The summed E-state index contributed by atoms with van der Waals surface area (Å²) >= 11 is 0. The number of hydrogen-bond acceptors (Lipinski definition) is 8. The molecule has 1 saturated heterocycles. The predicted molar refractivity (Wildman–Crippen MR) is 143 cm³/mol. The van der Waals surface area contributed by atoms with E-state index in [1.807, 2.05) is 20.8 Å². The van der Waals surface area contributed by atoms with E-state index in [1.165, 1.54) is 19.3 Å². The monoisotopic (exact) mass is 558 g/mol. The summed E-state index contributed by atoms with van der Waals surface area (Å²) in [5, 5.41) is 0. The highest BCUT2D eigenvalue weighted by Crippen LogP contribution is 2.61. The summed E-state index contributed by atoms with van der Waals surface area (Å²) in [6, 6.07) is 0. The van der Waals surface area contributed by atoms with E-state index in [9.17, 15) is 19.2 Å². The van der Waals surface area contributed by atoms with Crippen molar-refractivity contribution in [1.82, 2.24) is 0 Å². The Labute approximate surface area is 237 Å². The van der Waals surface area contributed by atoms with Crippen molar-refractivity contribution in [2.75, 3.05) is 13.2 Å². The Hall–Kier alpha value is -1.96. The maximum absolute atomic E-state index is 13.1. The van der Waals surface area contributed by atoms with Gasteiger partial charge in [-0.1, -0.05) is 6.92 Å². The average Bonchev–Trinajstić information content (AvgIpc) is 3.50. The van der Waals surface area contributed by atoms with Gasteiger partial charge >= 0.3 is 23.9 Å². The van der Waals surface area contributed by atoms with Crippen molar-refractivity contribution >= 4 is 23.9 Å². The Morgan fingerprint density at radius 2 is 1.57 bits per heavy atom. The molecule has 8 atom stereocenters. The maximum atomic E-state index is 13.1. The molecule has 0 amide bonds. The number of ether oxygens (including phenoxy) is 4. The smallest absolute Gasteiger partial charge is 0.320 e. The van der Waals surface area contributed by atoms with Crippen LogP contribution in [0.2, 0.25) is 0 Å². The van der Waals surface area contributed by atoms with Crippen molar-refractivity contribution in [3.63, 3.8) is 0 Å². The molecule has 1 heterocycles. The molecule has 8 unspecified atom stereocenters. The van der Waals surface area contributed by atoms with Crippen molar-refractivity contribution in [3.8, 4) is 0 Å². The molecule has 0 spiro atoms. The minimum atomic E-state index is -0.696. The summed E-state index contributed by atoms with van der Waals surface area (Å²) in [6.07, 6.45) is 7.68. The van der Waals surface area contributed by atoms with Crippen LogP contribution in [0.4, 0.5) is 0 Å². The number of fused-ring (bicyclic) bond motifs is 2. The van der Waals surface area contributed by atoms with Gasteiger partial charge in [0.05, 0.1) is 35.9 Å². The van der Waals surface area contributed by atoms with Gasteiger partial charge < -0.3 is 18.9 Å². The largest absolute Gasteiger partial charge is 0.463 e. The first-order valence-electron chi connectivity index (χ1n) is 15.6. The van der Waals surface area contributed by atoms with Gasteiger partial charge in [0.25, 0.3) is 0 Å². The fourth-order valence-corrected chi connectivity index (χ4v) is 10.4. The number of esters is 4. The Bertz CT molecular complexity index is 1020. The summed E-state index contributed by atoms with van der Waals surface area (Å²) in [5.41, 5.74) is -0.840. The topological polar surface area (TPSA) is 105 Å². The molecular weight excluding hydrogens is 512 g/mol. The third-order valence-corrected chi connectivity index (χ3v) is 11.4. The lowest BCUT2D eigenvalue weighted by Gasteiger charge is -2.55. The number of carbonyl (C=O) groups is 4. The van der Waals surface area contributed by atoms with Gasteiger partial charge in [0.15, 0.2) is 0 Å². The molecule has 0 aromatic rings. The fraction of sp³-hybridized carbons (Fsp3) is 0.875. The third-order valence-electron chi connectivity index (χ3n) is 11.4. The normalized spacial score (nSPS) is 44.1. The molecule has 6 bridgehead atoms. The van der Waals surface area contributed by atoms with E-state index in [1.54, 1.807) is 6.92 Å². The molecule has 0 aromatic heterocycles. The van der Waals surface area contributed by atoms with Crippen molar-refractivity contribution in [3.05, 3.63) is 0 Å². The molecule has 1 aliphatic heterocycles. The van der Waals surface area contributed by atoms with Gasteiger partial charge in [-0.15, -0.1) is 0 Å². The van der Waals surface area contributed by atoms with Gasteiger partial charge in [-0.2, -0.15) is 0 Å². The first-order chi connectivity index (χ1) is 18.8. The Morgan fingerprint density at radius 1 is 0.950 bits per heavy atom. The summed E-state index contributed by atoms with van der Waals surface area (Å²) in [4.78, 5) is 51.8. The lowest BCUT2D eigenvalue weighted by Crippen LogP contribution is -2.50. The molecule has 0 radical (unpaired) electrons. The summed E-state index contributed by atoms with van der Waals surface area (Å²) in [6.45, 7) is 9.85. The van der Waals surface area contributed by atoms with E-state index in [0.717, 1.165) is 25.7 Å². The second kappa shape index (κ2) is 10.1. The van der Waals surface area contributed by atoms with Crippen LogP contribution in [0.15, 0.2) is 0 Å². The van der Waals surface area contributed by atoms with Gasteiger partial charge in [-0.3, -0.25) is 19.2 Å². The second-order valence-corrected chi connectivity index (χ2v) is 15.2. The van der Waals surface area contributed by atoms with Crippen LogP contribution in [0.5, 0.6) is 0 Å². The average molecular weight is 559 g/mol. The number of carbonyl (C=O) groups excluding carboxylic acids is 4. The van der Waals surface area contributed by atoms with Crippen LogP contribution >= 0.6 is 0 Å². The molecule has 8 heteroatoms. The molecule has 0 aromatic carbocycles. The Kier molecular flexibility index (Phi) is 7.11. The maximum Gasteiger partial charge on any atom is 0.320 e. The zero-order valence-corrected chi connectivity index (χ0v) is 24.7. The first-order valence-corrected chi connectivity index (χ1v) is 15.6. The highest BCUT2D eigenvalue weighted by molar-refractivity contribution is 5.97. The van der Waals surface area contributed by atoms with E-state index in [4.69, 9.17) is 18.9 Å². The van der Waals surface area contributed by atoms with Crippen LogP contribution in [0.25, 0.3) is 0 Å². The number of hydrogen-bond donors (Lipinski definition) is 0. The van der Waals surface area contributed by atoms with Crippen LogP contribution in [0.3, 0.4) is 0 Å². The SMILES string of the molecule is CC(OCCOC(=O)C12CC3CC(CC(C3)C1)C2)C1C(=O)OC(=O)C1C1C2CC(C(=O)OC(C)(C)C)C(C2)C1C. The molecule has 0 N–H and O–H groups in total. The highest BCUT2D eigenvalue weighted by Gasteiger charge is 2.62. The second-order valence-electron chi connectivity index (χ2n) is 15.2. The van der Waals surface area contributed by atoms with E-state index < -0.39 is 35.5 Å². The van der Waals surface area contributed by atoms with Gasteiger partial charge in [0.2, 0.25) is 0 Å².